The molecule has 0 amide bonds. The minimum atomic E-state index is 0.119. The van der Waals surface area contributed by atoms with E-state index < -0.39 is 0 Å². The van der Waals surface area contributed by atoms with E-state index in [1.807, 2.05) is 0 Å². The first-order chi connectivity index (χ1) is 26.0. The van der Waals surface area contributed by atoms with Crippen molar-refractivity contribution >= 4 is 21.5 Å². The fraction of sp³-hybridized carbons (Fsp3) is 0.600. The van der Waals surface area contributed by atoms with Crippen molar-refractivity contribution < 1.29 is 14.2 Å². The van der Waals surface area contributed by atoms with Gasteiger partial charge in [0.15, 0.2) is 23.0 Å². The molecular formula is C50H70O3. The molecule has 288 valence electrons. The standard InChI is InChI=1S/C50H70O3/c1-7-11-13-15-17-19-21-27-37(9-3)45-41-31-25-23-29-39(41)43-33-35(5)51-47(43)49(45)53-50-46(38(10-4)28-22-20-18-16-14-12-8-2)42-32-26-24-30-40(42)44-34-36(6)52-48(44)50/h23-26,29-32,35-38H,7-22,27-28,33-34H2,1-6H3. The van der Waals surface area contributed by atoms with Gasteiger partial charge in [-0.1, -0.05) is 166 Å². The zero-order chi connectivity index (χ0) is 37.2. The summed E-state index contributed by atoms with van der Waals surface area (Å²) in [5.41, 5.74) is 5.31. The van der Waals surface area contributed by atoms with Crippen LogP contribution in [0.1, 0.15) is 191 Å². The molecule has 0 bridgehead atoms. The summed E-state index contributed by atoms with van der Waals surface area (Å²) < 4.78 is 21.4. The molecule has 4 unspecified atom stereocenters. The van der Waals surface area contributed by atoms with Crippen LogP contribution < -0.4 is 14.2 Å². The van der Waals surface area contributed by atoms with E-state index in [-0.39, 0.29) is 12.2 Å². The van der Waals surface area contributed by atoms with Crippen molar-refractivity contribution in [1.29, 1.82) is 0 Å². The summed E-state index contributed by atoms with van der Waals surface area (Å²) in [5.74, 6) is 4.66. The van der Waals surface area contributed by atoms with E-state index in [1.54, 1.807) is 0 Å². The average Bonchev–Trinajstić information content (AvgIpc) is 3.77. The molecule has 0 saturated heterocycles. The van der Waals surface area contributed by atoms with E-state index in [1.165, 1.54) is 147 Å². The van der Waals surface area contributed by atoms with E-state index in [9.17, 15) is 0 Å². The van der Waals surface area contributed by atoms with Gasteiger partial charge in [-0.3, -0.25) is 0 Å². The topological polar surface area (TPSA) is 27.7 Å². The zero-order valence-electron chi connectivity index (χ0n) is 34.3. The van der Waals surface area contributed by atoms with Crippen LogP contribution in [0.4, 0.5) is 0 Å². The average molecular weight is 719 g/mol. The Balaban J connectivity index is 1.45. The van der Waals surface area contributed by atoms with Gasteiger partial charge in [-0.05, 0) is 72.9 Å². The number of fused-ring (bicyclic) bond motifs is 6. The molecule has 0 N–H and O–H groups in total. The van der Waals surface area contributed by atoms with Gasteiger partial charge in [0.1, 0.15) is 12.2 Å². The van der Waals surface area contributed by atoms with Gasteiger partial charge in [0, 0.05) is 35.1 Å². The van der Waals surface area contributed by atoms with Crippen LogP contribution in [0.25, 0.3) is 21.5 Å². The minimum absolute atomic E-state index is 0.119. The summed E-state index contributed by atoms with van der Waals surface area (Å²) in [6.45, 7) is 13.8. The van der Waals surface area contributed by atoms with Crippen molar-refractivity contribution in [1.82, 2.24) is 0 Å². The number of hydrogen-bond donors (Lipinski definition) is 0. The minimum Gasteiger partial charge on any atom is -0.486 e. The summed E-state index contributed by atoms with van der Waals surface area (Å²) in [6.07, 6.45) is 25.1. The molecule has 4 atom stereocenters. The van der Waals surface area contributed by atoms with Crippen molar-refractivity contribution in [2.24, 2.45) is 0 Å². The molecule has 6 rings (SSSR count). The lowest BCUT2D eigenvalue weighted by molar-refractivity contribution is 0.236. The highest BCUT2D eigenvalue weighted by molar-refractivity contribution is 5.97. The third-order valence-corrected chi connectivity index (χ3v) is 12.5. The van der Waals surface area contributed by atoms with Crippen molar-refractivity contribution in [3.8, 4) is 23.0 Å². The normalized spacial score (nSPS) is 17.5. The summed E-state index contributed by atoms with van der Waals surface area (Å²) in [7, 11) is 0. The molecule has 4 aromatic carbocycles. The second-order valence-electron chi connectivity index (χ2n) is 16.6. The first kappa shape index (κ1) is 39.5. The Morgan fingerprint density at radius 1 is 0.509 bits per heavy atom. The molecule has 3 nitrogen and oxygen atoms in total. The van der Waals surface area contributed by atoms with Gasteiger partial charge in [-0.2, -0.15) is 0 Å². The van der Waals surface area contributed by atoms with Crippen LogP contribution in [0.2, 0.25) is 0 Å². The van der Waals surface area contributed by atoms with E-state index >= 15 is 0 Å². The molecule has 0 spiro atoms. The smallest absolute Gasteiger partial charge is 0.173 e. The fourth-order valence-electron chi connectivity index (χ4n) is 9.60. The van der Waals surface area contributed by atoms with Crippen molar-refractivity contribution in [3.63, 3.8) is 0 Å². The first-order valence-electron chi connectivity index (χ1n) is 22.2. The molecule has 53 heavy (non-hydrogen) atoms. The molecular weight excluding hydrogens is 649 g/mol. The van der Waals surface area contributed by atoms with Crippen LogP contribution in [-0.2, 0) is 12.8 Å². The molecule has 0 aliphatic carbocycles. The lowest BCUT2D eigenvalue weighted by Crippen LogP contribution is -2.09. The Morgan fingerprint density at radius 2 is 0.868 bits per heavy atom. The Morgan fingerprint density at radius 3 is 1.25 bits per heavy atom. The molecule has 0 saturated carbocycles. The van der Waals surface area contributed by atoms with E-state index in [0.717, 1.165) is 48.7 Å². The summed E-state index contributed by atoms with van der Waals surface area (Å²) >= 11 is 0. The lowest BCUT2D eigenvalue weighted by Gasteiger charge is -2.28. The number of unbranched alkanes of at least 4 members (excludes halogenated alkanes) is 12. The Labute approximate surface area is 322 Å². The number of rotatable bonds is 22. The van der Waals surface area contributed by atoms with Gasteiger partial charge in [0.25, 0.3) is 0 Å². The summed E-state index contributed by atoms with van der Waals surface area (Å²) in [5, 5.41) is 5.37. The van der Waals surface area contributed by atoms with Crippen molar-refractivity contribution in [3.05, 3.63) is 70.8 Å². The van der Waals surface area contributed by atoms with Crippen molar-refractivity contribution in [2.75, 3.05) is 0 Å². The van der Waals surface area contributed by atoms with E-state index in [0.29, 0.717) is 11.8 Å². The molecule has 2 heterocycles. The number of hydrogen-bond acceptors (Lipinski definition) is 3. The third-order valence-electron chi connectivity index (χ3n) is 12.5. The van der Waals surface area contributed by atoms with Crippen LogP contribution >= 0.6 is 0 Å². The van der Waals surface area contributed by atoms with Gasteiger partial charge >= 0.3 is 0 Å². The fourth-order valence-corrected chi connectivity index (χ4v) is 9.60. The van der Waals surface area contributed by atoms with Gasteiger partial charge in [-0.15, -0.1) is 0 Å². The molecule has 0 fully saturated rings. The van der Waals surface area contributed by atoms with Crippen LogP contribution in [0.15, 0.2) is 48.5 Å². The van der Waals surface area contributed by atoms with Crippen LogP contribution in [0, 0.1) is 0 Å². The van der Waals surface area contributed by atoms with E-state index in [4.69, 9.17) is 14.2 Å². The van der Waals surface area contributed by atoms with Gasteiger partial charge < -0.3 is 14.2 Å². The largest absolute Gasteiger partial charge is 0.486 e. The zero-order valence-corrected chi connectivity index (χ0v) is 34.3. The molecule has 3 heteroatoms. The maximum absolute atomic E-state index is 7.70. The summed E-state index contributed by atoms with van der Waals surface area (Å²) in [4.78, 5) is 0. The van der Waals surface area contributed by atoms with Crippen LogP contribution in [-0.4, -0.2) is 12.2 Å². The number of benzene rings is 4. The predicted molar refractivity (Wildman–Crippen MR) is 227 cm³/mol. The molecule has 0 radical (unpaired) electrons. The number of ether oxygens (including phenoxy) is 3. The highest BCUT2D eigenvalue weighted by Gasteiger charge is 2.36. The second kappa shape index (κ2) is 19.4. The quantitative estimate of drug-likeness (QED) is 0.0757. The highest BCUT2D eigenvalue weighted by Crippen LogP contribution is 2.56. The third kappa shape index (κ3) is 9.03. The lowest BCUT2D eigenvalue weighted by atomic mass is 9.83. The maximum atomic E-state index is 7.70. The highest BCUT2D eigenvalue weighted by atomic mass is 16.5. The van der Waals surface area contributed by atoms with E-state index in [2.05, 4.69) is 90.1 Å². The van der Waals surface area contributed by atoms with Crippen LogP contribution in [0.5, 0.6) is 23.0 Å². The first-order valence-corrected chi connectivity index (χ1v) is 22.2. The Bertz CT molecular complexity index is 1640. The molecule has 2 aliphatic heterocycles. The van der Waals surface area contributed by atoms with Gasteiger partial charge in [0.2, 0.25) is 0 Å². The molecule has 4 aromatic rings. The van der Waals surface area contributed by atoms with Gasteiger partial charge in [-0.25, -0.2) is 0 Å². The molecule has 2 aliphatic rings. The van der Waals surface area contributed by atoms with Crippen LogP contribution in [0.3, 0.4) is 0 Å². The molecule has 0 aromatic heterocycles. The Kier molecular flexibility index (Phi) is 14.5. The Hall–Kier alpha value is -3.20. The second-order valence-corrected chi connectivity index (χ2v) is 16.6. The van der Waals surface area contributed by atoms with Crippen molar-refractivity contribution in [2.45, 2.75) is 194 Å². The maximum Gasteiger partial charge on any atom is 0.173 e. The predicted octanol–water partition coefficient (Wildman–Crippen LogP) is 15.7. The summed E-state index contributed by atoms with van der Waals surface area (Å²) in [6, 6.07) is 18.2. The monoisotopic (exact) mass is 719 g/mol. The van der Waals surface area contributed by atoms with Gasteiger partial charge in [0.05, 0.1) is 0 Å². The SMILES string of the molecule is CCCCCCCCCC(CC)c1c(Oc2c3c(c4ccccc4c2C(CC)CCCCCCCCC)CC(C)O3)c2c(c3ccccc13)CC(C)O2.